The largest absolute Gasteiger partial charge is 0.459 e. The van der Waals surface area contributed by atoms with Crippen LogP contribution in [0.2, 0.25) is 0 Å². The van der Waals surface area contributed by atoms with Gasteiger partial charge in [0.2, 0.25) is 0 Å². The molecule has 1 aromatic carbocycles. The molecule has 0 saturated carbocycles. The van der Waals surface area contributed by atoms with E-state index in [0.717, 1.165) is 0 Å². The SMILES string of the molecule is CC[C@@H](C)NC(=O)NC(=O)COC(=O)c1ccc(NC(=O)c2ccco2)cc1. The van der Waals surface area contributed by atoms with E-state index in [2.05, 4.69) is 16.0 Å². The van der Waals surface area contributed by atoms with Crippen molar-refractivity contribution in [3.05, 3.63) is 54.0 Å². The van der Waals surface area contributed by atoms with Crippen LogP contribution in [0.15, 0.2) is 47.1 Å². The zero-order chi connectivity index (χ0) is 20.5. The maximum atomic E-state index is 12.0. The maximum absolute atomic E-state index is 12.0. The first-order valence-corrected chi connectivity index (χ1v) is 8.61. The van der Waals surface area contributed by atoms with Crippen molar-refractivity contribution in [3.8, 4) is 0 Å². The lowest BCUT2D eigenvalue weighted by Gasteiger charge is -2.11. The molecular weight excluding hydrogens is 366 g/mol. The van der Waals surface area contributed by atoms with Crippen LogP contribution in [0.3, 0.4) is 0 Å². The van der Waals surface area contributed by atoms with Gasteiger partial charge in [-0.2, -0.15) is 0 Å². The van der Waals surface area contributed by atoms with E-state index in [1.165, 1.54) is 36.6 Å². The zero-order valence-corrected chi connectivity index (χ0v) is 15.5. The summed E-state index contributed by atoms with van der Waals surface area (Å²) in [5, 5.41) is 7.24. The number of amides is 4. The van der Waals surface area contributed by atoms with Crippen LogP contribution in [-0.2, 0) is 9.53 Å². The molecule has 1 heterocycles. The molecule has 0 aliphatic rings. The summed E-state index contributed by atoms with van der Waals surface area (Å²) in [7, 11) is 0. The highest BCUT2D eigenvalue weighted by molar-refractivity contribution is 6.02. The number of hydrogen-bond acceptors (Lipinski definition) is 6. The van der Waals surface area contributed by atoms with Gasteiger partial charge in [-0.15, -0.1) is 0 Å². The molecule has 0 bridgehead atoms. The van der Waals surface area contributed by atoms with Crippen LogP contribution in [0.25, 0.3) is 0 Å². The van der Waals surface area contributed by atoms with Crippen LogP contribution in [0.5, 0.6) is 0 Å². The third-order valence-corrected chi connectivity index (χ3v) is 3.70. The van der Waals surface area contributed by atoms with E-state index in [-0.39, 0.29) is 17.4 Å². The van der Waals surface area contributed by atoms with E-state index in [0.29, 0.717) is 12.1 Å². The fourth-order valence-corrected chi connectivity index (χ4v) is 2.03. The van der Waals surface area contributed by atoms with E-state index in [4.69, 9.17) is 9.15 Å². The van der Waals surface area contributed by atoms with Crippen molar-refractivity contribution in [1.29, 1.82) is 0 Å². The van der Waals surface area contributed by atoms with E-state index >= 15 is 0 Å². The first kappa shape index (κ1) is 20.7. The second-order valence-corrected chi connectivity index (χ2v) is 5.92. The average Bonchev–Trinajstić information content (AvgIpc) is 3.21. The molecule has 2 rings (SSSR count). The maximum Gasteiger partial charge on any atom is 0.338 e. The molecule has 0 aliphatic carbocycles. The zero-order valence-electron chi connectivity index (χ0n) is 15.5. The standard InChI is InChI=1S/C19H21N3O6/c1-3-12(2)20-19(26)22-16(23)11-28-18(25)13-6-8-14(9-7-13)21-17(24)15-5-4-10-27-15/h4-10,12H,3,11H2,1-2H3,(H,21,24)(H2,20,22,23,26)/t12-/m1/s1. The normalized spacial score (nSPS) is 11.2. The summed E-state index contributed by atoms with van der Waals surface area (Å²) in [6, 6.07) is 8.29. The van der Waals surface area contributed by atoms with Gasteiger partial charge < -0.3 is 19.8 Å². The van der Waals surface area contributed by atoms with Gasteiger partial charge in [-0.05, 0) is 49.7 Å². The van der Waals surface area contributed by atoms with E-state index < -0.39 is 30.4 Å². The van der Waals surface area contributed by atoms with Crippen LogP contribution in [0.4, 0.5) is 10.5 Å². The number of urea groups is 1. The minimum Gasteiger partial charge on any atom is -0.459 e. The number of esters is 1. The first-order valence-electron chi connectivity index (χ1n) is 8.61. The van der Waals surface area contributed by atoms with Crippen molar-refractivity contribution in [2.24, 2.45) is 0 Å². The molecular formula is C19H21N3O6. The number of ether oxygens (including phenoxy) is 1. The van der Waals surface area contributed by atoms with E-state index in [9.17, 15) is 19.2 Å². The quantitative estimate of drug-likeness (QED) is 0.626. The highest BCUT2D eigenvalue weighted by Crippen LogP contribution is 2.12. The Balaban J connectivity index is 1.80. The number of nitrogens with one attached hydrogen (secondary N) is 3. The number of carbonyl (C=O) groups is 4. The highest BCUT2D eigenvalue weighted by atomic mass is 16.5. The third-order valence-electron chi connectivity index (χ3n) is 3.70. The number of furan rings is 1. The average molecular weight is 387 g/mol. The van der Waals surface area contributed by atoms with Gasteiger partial charge >= 0.3 is 12.0 Å². The predicted octanol–water partition coefficient (Wildman–Crippen LogP) is 2.31. The van der Waals surface area contributed by atoms with E-state index in [1.54, 1.807) is 13.0 Å². The Labute approximate surface area is 161 Å². The molecule has 0 spiro atoms. The van der Waals surface area contributed by atoms with Gasteiger partial charge in [-0.1, -0.05) is 6.92 Å². The van der Waals surface area contributed by atoms with Gasteiger partial charge in [0.15, 0.2) is 12.4 Å². The van der Waals surface area contributed by atoms with E-state index in [1.807, 2.05) is 6.92 Å². The molecule has 0 aliphatic heterocycles. The second kappa shape index (κ2) is 9.91. The van der Waals surface area contributed by atoms with Gasteiger partial charge in [0.05, 0.1) is 11.8 Å². The first-order chi connectivity index (χ1) is 13.4. The molecule has 1 aromatic heterocycles. The minimum atomic E-state index is -0.739. The Bertz CT molecular complexity index is 830. The molecule has 4 amide bonds. The molecule has 0 radical (unpaired) electrons. The predicted molar refractivity (Wildman–Crippen MR) is 99.8 cm³/mol. The fraction of sp³-hybridized carbons (Fsp3) is 0.263. The lowest BCUT2D eigenvalue weighted by molar-refractivity contribution is -0.123. The summed E-state index contributed by atoms with van der Waals surface area (Å²) >= 11 is 0. The van der Waals surface area contributed by atoms with Crippen LogP contribution in [0.1, 0.15) is 41.2 Å². The molecule has 9 nitrogen and oxygen atoms in total. The molecule has 2 aromatic rings. The molecule has 9 heteroatoms. The number of rotatable bonds is 7. The highest BCUT2D eigenvalue weighted by Gasteiger charge is 2.14. The van der Waals surface area contributed by atoms with Gasteiger partial charge in [0, 0.05) is 11.7 Å². The molecule has 0 saturated heterocycles. The minimum absolute atomic E-state index is 0.0814. The Morgan fingerprint density at radius 3 is 2.43 bits per heavy atom. The lowest BCUT2D eigenvalue weighted by atomic mass is 10.2. The van der Waals surface area contributed by atoms with Crippen LogP contribution < -0.4 is 16.0 Å². The summed E-state index contributed by atoms with van der Waals surface area (Å²) in [5.41, 5.74) is 0.644. The summed E-state index contributed by atoms with van der Waals surface area (Å²) < 4.78 is 9.85. The Morgan fingerprint density at radius 2 is 1.82 bits per heavy atom. The van der Waals surface area contributed by atoms with Crippen molar-refractivity contribution in [1.82, 2.24) is 10.6 Å². The topological polar surface area (TPSA) is 127 Å². The van der Waals surface area contributed by atoms with Gasteiger partial charge in [-0.3, -0.25) is 14.9 Å². The Hall–Kier alpha value is -3.62. The number of benzene rings is 1. The number of anilines is 1. The van der Waals surface area contributed by atoms with Crippen molar-refractivity contribution < 1.29 is 28.3 Å². The number of hydrogen-bond donors (Lipinski definition) is 3. The smallest absolute Gasteiger partial charge is 0.338 e. The molecule has 0 unspecified atom stereocenters. The van der Waals surface area contributed by atoms with Crippen LogP contribution in [-0.4, -0.2) is 36.5 Å². The summed E-state index contributed by atoms with van der Waals surface area (Å²) in [6.07, 6.45) is 2.10. The second-order valence-electron chi connectivity index (χ2n) is 5.92. The summed E-state index contributed by atoms with van der Waals surface area (Å²) in [5.74, 6) is -1.74. The monoisotopic (exact) mass is 387 g/mol. The molecule has 1 atom stereocenters. The molecule has 0 fully saturated rings. The summed E-state index contributed by atoms with van der Waals surface area (Å²) in [6.45, 7) is 3.09. The van der Waals surface area contributed by atoms with Crippen molar-refractivity contribution in [3.63, 3.8) is 0 Å². The van der Waals surface area contributed by atoms with Gasteiger partial charge in [0.1, 0.15) is 0 Å². The van der Waals surface area contributed by atoms with Gasteiger partial charge in [0.25, 0.3) is 11.8 Å². The lowest BCUT2D eigenvalue weighted by Crippen LogP contribution is -2.44. The third kappa shape index (κ3) is 6.27. The molecule has 3 N–H and O–H groups in total. The number of imide groups is 1. The summed E-state index contributed by atoms with van der Waals surface area (Å²) in [4.78, 5) is 47.0. The van der Waals surface area contributed by atoms with Crippen molar-refractivity contribution >= 4 is 29.5 Å². The fourth-order valence-electron chi connectivity index (χ4n) is 2.03. The molecule has 28 heavy (non-hydrogen) atoms. The molecule has 148 valence electrons. The van der Waals surface area contributed by atoms with Crippen molar-refractivity contribution in [2.45, 2.75) is 26.3 Å². The van der Waals surface area contributed by atoms with Crippen LogP contribution >= 0.6 is 0 Å². The van der Waals surface area contributed by atoms with Crippen LogP contribution in [0, 0.1) is 0 Å². The van der Waals surface area contributed by atoms with Crippen molar-refractivity contribution in [2.75, 3.05) is 11.9 Å². The Morgan fingerprint density at radius 1 is 1.11 bits per heavy atom. The Kier molecular flexibility index (Phi) is 7.32. The number of carbonyl (C=O) groups excluding carboxylic acids is 4. The van der Waals surface area contributed by atoms with Gasteiger partial charge in [-0.25, -0.2) is 9.59 Å².